The van der Waals surface area contributed by atoms with Crippen LogP contribution in [0.5, 0.6) is 5.75 Å². The van der Waals surface area contributed by atoms with Crippen LogP contribution in [0.25, 0.3) is 0 Å². The Labute approximate surface area is 103 Å². The standard InChI is InChI=1S/C12H12N2O2S/c1-14(6-9-7-17-8-13-9)12(16)10-4-2-3-5-11(10)15/h2-5,7-8,15H,6H2,1H3. The molecule has 2 rings (SSSR count). The Hall–Kier alpha value is -1.88. The van der Waals surface area contributed by atoms with Crippen LogP contribution in [-0.2, 0) is 6.54 Å². The van der Waals surface area contributed by atoms with Gasteiger partial charge in [-0.25, -0.2) is 4.98 Å². The molecular formula is C12H12N2O2S. The second-order valence-electron chi connectivity index (χ2n) is 3.66. The van der Waals surface area contributed by atoms with Crippen molar-refractivity contribution in [2.24, 2.45) is 0 Å². The number of aromatic hydroxyl groups is 1. The fourth-order valence-corrected chi connectivity index (χ4v) is 2.04. The zero-order valence-corrected chi connectivity index (χ0v) is 10.1. The normalized spacial score (nSPS) is 10.2. The highest BCUT2D eigenvalue weighted by atomic mass is 32.1. The van der Waals surface area contributed by atoms with E-state index < -0.39 is 0 Å². The summed E-state index contributed by atoms with van der Waals surface area (Å²) < 4.78 is 0. The molecule has 1 N–H and O–H groups in total. The molecule has 0 unspecified atom stereocenters. The summed E-state index contributed by atoms with van der Waals surface area (Å²) in [5, 5.41) is 11.5. The summed E-state index contributed by atoms with van der Waals surface area (Å²) in [4.78, 5) is 17.7. The van der Waals surface area contributed by atoms with E-state index in [1.165, 1.54) is 22.3 Å². The molecule has 0 aliphatic carbocycles. The van der Waals surface area contributed by atoms with Crippen LogP contribution >= 0.6 is 11.3 Å². The third-order valence-electron chi connectivity index (χ3n) is 2.36. The maximum absolute atomic E-state index is 12.0. The van der Waals surface area contributed by atoms with Crippen molar-refractivity contribution in [3.8, 4) is 5.75 Å². The summed E-state index contributed by atoms with van der Waals surface area (Å²) in [7, 11) is 1.69. The Morgan fingerprint density at radius 2 is 2.24 bits per heavy atom. The number of carbonyl (C=O) groups is 1. The van der Waals surface area contributed by atoms with Crippen molar-refractivity contribution in [1.29, 1.82) is 0 Å². The largest absolute Gasteiger partial charge is 0.507 e. The van der Waals surface area contributed by atoms with E-state index in [0.29, 0.717) is 12.1 Å². The molecule has 4 nitrogen and oxygen atoms in total. The molecule has 0 saturated heterocycles. The molecule has 0 fully saturated rings. The summed E-state index contributed by atoms with van der Waals surface area (Å²) in [5.74, 6) is -0.210. The molecule has 0 spiro atoms. The average molecular weight is 248 g/mol. The molecule has 1 heterocycles. The second-order valence-corrected chi connectivity index (χ2v) is 4.38. The molecule has 1 amide bonds. The number of para-hydroxylation sites is 1. The maximum Gasteiger partial charge on any atom is 0.257 e. The molecule has 0 saturated carbocycles. The lowest BCUT2D eigenvalue weighted by atomic mass is 10.2. The molecule has 0 radical (unpaired) electrons. The predicted molar refractivity (Wildman–Crippen MR) is 66.0 cm³/mol. The van der Waals surface area contributed by atoms with Gasteiger partial charge in [0, 0.05) is 12.4 Å². The summed E-state index contributed by atoms with van der Waals surface area (Å²) >= 11 is 1.49. The van der Waals surface area contributed by atoms with Gasteiger partial charge in [-0.15, -0.1) is 11.3 Å². The molecule has 1 aromatic heterocycles. The van der Waals surface area contributed by atoms with E-state index in [0.717, 1.165) is 5.69 Å². The second kappa shape index (κ2) is 4.97. The number of hydrogen-bond acceptors (Lipinski definition) is 4. The van der Waals surface area contributed by atoms with Gasteiger partial charge in [0.25, 0.3) is 5.91 Å². The van der Waals surface area contributed by atoms with E-state index >= 15 is 0 Å². The lowest BCUT2D eigenvalue weighted by Crippen LogP contribution is -2.26. The van der Waals surface area contributed by atoms with Crippen LogP contribution < -0.4 is 0 Å². The van der Waals surface area contributed by atoms with Crippen LogP contribution in [0.1, 0.15) is 16.1 Å². The van der Waals surface area contributed by atoms with E-state index in [4.69, 9.17) is 0 Å². The van der Waals surface area contributed by atoms with Crippen molar-refractivity contribution < 1.29 is 9.90 Å². The van der Waals surface area contributed by atoms with E-state index in [1.807, 2.05) is 5.38 Å². The van der Waals surface area contributed by atoms with Crippen molar-refractivity contribution in [2.45, 2.75) is 6.54 Å². The summed E-state index contributed by atoms with van der Waals surface area (Å²) in [5.41, 5.74) is 2.89. The summed E-state index contributed by atoms with van der Waals surface area (Å²) in [6, 6.07) is 6.52. The minimum absolute atomic E-state index is 0.00243. The fourth-order valence-electron chi connectivity index (χ4n) is 1.49. The third kappa shape index (κ3) is 2.62. The maximum atomic E-state index is 12.0. The molecule has 0 aliphatic heterocycles. The van der Waals surface area contributed by atoms with E-state index in [1.54, 1.807) is 30.8 Å². The molecule has 2 aromatic rings. The first-order valence-corrected chi connectivity index (χ1v) is 6.03. The van der Waals surface area contributed by atoms with Gasteiger partial charge in [-0.3, -0.25) is 4.79 Å². The van der Waals surface area contributed by atoms with Gasteiger partial charge in [0.15, 0.2) is 0 Å². The van der Waals surface area contributed by atoms with Gasteiger partial charge in [-0.1, -0.05) is 12.1 Å². The monoisotopic (exact) mass is 248 g/mol. The van der Waals surface area contributed by atoms with Crippen molar-refractivity contribution in [2.75, 3.05) is 7.05 Å². The van der Waals surface area contributed by atoms with Gasteiger partial charge in [0.2, 0.25) is 0 Å². The Bertz CT molecular complexity index is 511. The van der Waals surface area contributed by atoms with Gasteiger partial charge in [-0.2, -0.15) is 0 Å². The van der Waals surface area contributed by atoms with Gasteiger partial charge in [0.05, 0.1) is 23.3 Å². The molecule has 88 valence electrons. The van der Waals surface area contributed by atoms with Crippen LogP contribution in [0.3, 0.4) is 0 Å². The van der Waals surface area contributed by atoms with Crippen molar-refractivity contribution in [3.63, 3.8) is 0 Å². The first-order chi connectivity index (χ1) is 8.18. The minimum Gasteiger partial charge on any atom is -0.507 e. The first-order valence-electron chi connectivity index (χ1n) is 5.09. The Morgan fingerprint density at radius 3 is 2.88 bits per heavy atom. The zero-order chi connectivity index (χ0) is 12.3. The Balaban J connectivity index is 2.13. The molecule has 17 heavy (non-hydrogen) atoms. The molecular weight excluding hydrogens is 236 g/mol. The average Bonchev–Trinajstić information content (AvgIpc) is 2.81. The smallest absolute Gasteiger partial charge is 0.257 e. The van der Waals surface area contributed by atoms with Crippen LogP contribution in [-0.4, -0.2) is 27.9 Å². The fraction of sp³-hybridized carbons (Fsp3) is 0.167. The summed E-state index contributed by atoms with van der Waals surface area (Å²) in [6.07, 6.45) is 0. The number of hydrogen-bond donors (Lipinski definition) is 1. The molecule has 5 heteroatoms. The number of nitrogens with zero attached hydrogens (tertiary/aromatic N) is 2. The predicted octanol–water partition coefficient (Wildman–Crippen LogP) is 2.12. The number of aromatic nitrogens is 1. The van der Waals surface area contributed by atoms with Crippen LogP contribution in [0.2, 0.25) is 0 Å². The number of carbonyl (C=O) groups excluding carboxylic acids is 1. The van der Waals surface area contributed by atoms with Crippen molar-refractivity contribution in [1.82, 2.24) is 9.88 Å². The first kappa shape index (κ1) is 11.6. The Kier molecular flexibility index (Phi) is 3.39. The highest BCUT2D eigenvalue weighted by molar-refractivity contribution is 7.07. The van der Waals surface area contributed by atoms with Gasteiger partial charge >= 0.3 is 0 Å². The van der Waals surface area contributed by atoms with Crippen LogP contribution in [0.4, 0.5) is 0 Å². The van der Waals surface area contributed by atoms with Gasteiger partial charge < -0.3 is 10.0 Å². The summed E-state index contributed by atoms with van der Waals surface area (Å²) in [6.45, 7) is 0.441. The number of rotatable bonds is 3. The van der Waals surface area contributed by atoms with E-state index in [2.05, 4.69) is 4.98 Å². The lowest BCUT2D eigenvalue weighted by Gasteiger charge is -2.16. The lowest BCUT2D eigenvalue weighted by molar-refractivity contribution is 0.0780. The van der Waals surface area contributed by atoms with Crippen LogP contribution in [0.15, 0.2) is 35.2 Å². The topological polar surface area (TPSA) is 53.4 Å². The number of benzene rings is 1. The SMILES string of the molecule is CN(Cc1cscn1)C(=O)c1ccccc1O. The number of amides is 1. The quantitative estimate of drug-likeness (QED) is 0.905. The Morgan fingerprint density at radius 1 is 1.47 bits per heavy atom. The van der Waals surface area contributed by atoms with Crippen molar-refractivity contribution >= 4 is 17.2 Å². The van der Waals surface area contributed by atoms with Crippen molar-refractivity contribution in [3.05, 3.63) is 46.4 Å². The molecule has 0 bridgehead atoms. The number of thiazole rings is 1. The van der Waals surface area contributed by atoms with E-state index in [-0.39, 0.29) is 11.7 Å². The van der Waals surface area contributed by atoms with Gasteiger partial charge in [-0.05, 0) is 12.1 Å². The minimum atomic E-state index is -0.212. The zero-order valence-electron chi connectivity index (χ0n) is 9.33. The number of phenolic OH excluding ortho intramolecular Hbond substituents is 1. The molecule has 1 aromatic carbocycles. The highest BCUT2D eigenvalue weighted by Gasteiger charge is 2.15. The van der Waals surface area contributed by atoms with Gasteiger partial charge in [0.1, 0.15) is 5.75 Å². The highest BCUT2D eigenvalue weighted by Crippen LogP contribution is 2.18. The molecule has 0 aliphatic rings. The number of phenols is 1. The van der Waals surface area contributed by atoms with Crippen LogP contribution in [0, 0.1) is 0 Å². The molecule has 0 atom stereocenters. The van der Waals surface area contributed by atoms with E-state index in [9.17, 15) is 9.90 Å². The third-order valence-corrected chi connectivity index (χ3v) is 3.00.